The molecule has 1 fully saturated rings. The van der Waals surface area contributed by atoms with Crippen LogP contribution in [0.5, 0.6) is 11.6 Å². The van der Waals surface area contributed by atoms with Crippen LogP contribution < -0.4 is 10.1 Å². The quantitative estimate of drug-likeness (QED) is 0.498. The zero-order chi connectivity index (χ0) is 19.8. The summed E-state index contributed by atoms with van der Waals surface area (Å²) in [6, 6.07) is 13.9. The highest BCUT2D eigenvalue weighted by atomic mass is 16.5. The van der Waals surface area contributed by atoms with Crippen molar-refractivity contribution in [1.82, 2.24) is 25.5 Å². The molecular weight excluding hydrogens is 366 g/mol. The van der Waals surface area contributed by atoms with Gasteiger partial charge < -0.3 is 15.2 Å². The third-order valence-electron chi connectivity index (χ3n) is 5.61. The molecule has 29 heavy (non-hydrogen) atoms. The molecule has 2 aromatic heterocycles. The molecule has 4 aromatic rings. The van der Waals surface area contributed by atoms with E-state index in [-0.39, 0.29) is 17.7 Å². The lowest BCUT2D eigenvalue weighted by atomic mass is 9.88. The van der Waals surface area contributed by atoms with E-state index in [2.05, 4.69) is 32.6 Å². The van der Waals surface area contributed by atoms with E-state index >= 15 is 0 Å². The number of H-pyrrole nitrogens is 1. The van der Waals surface area contributed by atoms with Crippen LogP contribution >= 0.6 is 0 Å². The van der Waals surface area contributed by atoms with Crippen molar-refractivity contribution < 1.29 is 9.84 Å². The van der Waals surface area contributed by atoms with Crippen molar-refractivity contribution >= 4 is 10.9 Å². The summed E-state index contributed by atoms with van der Waals surface area (Å²) in [7, 11) is 1.67. The van der Waals surface area contributed by atoms with Crippen LogP contribution in [0.25, 0.3) is 22.0 Å². The van der Waals surface area contributed by atoms with Crippen LogP contribution in [0.3, 0.4) is 0 Å². The fraction of sp³-hybridized carbons (Fsp3) is 0.227. The van der Waals surface area contributed by atoms with E-state index in [1.807, 2.05) is 36.5 Å². The first-order chi connectivity index (χ1) is 14.2. The van der Waals surface area contributed by atoms with E-state index in [1.165, 1.54) is 5.56 Å². The van der Waals surface area contributed by atoms with Gasteiger partial charge >= 0.3 is 0 Å². The van der Waals surface area contributed by atoms with Crippen LogP contribution in [0.1, 0.15) is 23.2 Å². The molecular formula is C22H21N5O2. The highest BCUT2D eigenvalue weighted by Gasteiger charge is 2.32. The number of hydrogen-bond acceptors (Lipinski definition) is 6. The predicted molar refractivity (Wildman–Crippen MR) is 110 cm³/mol. The standard InChI is InChI=1S/C22H21N5O2/c1-29-16-5-2-13(3-6-16)18-11-23-12-19(18)21-26-20-7-4-14(15-9-24-25-10-15)8-17(20)22(28)27-21/h2-10,18-19,23H,11-12H2,1H3,(H,24,25)(H,26,27,28)/t18-,19+/m0/s1. The number of nitrogens with zero attached hydrogens (tertiary/aromatic N) is 3. The van der Waals surface area contributed by atoms with Crippen molar-refractivity contribution in [1.29, 1.82) is 0 Å². The van der Waals surface area contributed by atoms with Gasteiger partial charge in [-0.05, 0) is 35.4 Å². The first kappa shape index (κ1) is 17.6. The van der Waals surface area contributed by atoms with Gasteiger partial charge in [0.05, 0.1) is 24.2 Å². The summed E-state index contributed by atoms with van der Waals surface area (Å²) >= 11 is 0. The van der Waals surface area contributed by atoms with Crippen LogP contribution in [0.4, 0.5) is 0 Å². The maximum Gasteiger partial charge on any atom is 0.222 e. The molecule has 1 aliphatic heterocycles. The Hall–Kier alpha value is -3.45. The minimum atomic E-state index is 0.00993. The van der Waals surface area contributed by atoms with E-state index in [1.54, 1.807) is 13.3 Å². The lowest BCUT2D eigenvalue weighted by Crippen LogP contribution is -2.13. The molecule has 0 spiro atoms. The predicted octanol–water partition coefficient (Wildman–Crippen LogP) is 3.20. The summed E-state index contributed by atoms with van der Waals surface area (Å²) in [4.78, 5) is 9.26. The zero-order valence-electron chi connectivity index (χ0n) is 16.0. The first-order valence-electron chi connectivity index (χ1n) is 9.57. The molecule has 0 unspecified atom stereocenters. The van der Waals surface area contributed by atoms with E-state index in [4.69, 9.17) is 9.72 Å². The summed E-state index contributed by atoms with van der Waals surface area (Å²) in [6.45, 7) is 1.62. The molecule has 0 aliphatic carbocycles. The molecule has 146 valence electrons. The van der Waals surface area contributed by atoms with Crippen LogP contribution in [-0.4, -0.2) is 45.5 Å². The number of methoxy groups -OCH3 is 1. The third kappa shape index (κ3) is 3.19. The Labute approximate surface area is 167 Å². The van der Waals surface area contributed by atoms with Gasteiger partial charge in [0, 0.05) is 36.7 Å². The summed E-state index contributed by atoms with van der Waals surface area (Å²) in [6.07, 6.45) is 3.56. The Morgan fingerprint density at radius 3 is 2.59 bits per heavy atom. The van der Waals surface area contributed by atoms with Crippen molar-refractivity contribution in [2.45, 2.75) is 11.8 Å². The van der Waals surface area contributed by atoms with Crippen LogP contribution in [0, 0.1) is 0 Å². The number of aromatic amines is 1. The maximum absolute atomic E-state index is 10.6. The van der Waals surface area contributed by atoms with Gasteiger partial charge in [-0.25, -0.2) is 4.98 Å². The SMILES string of the molecule is COc1ccc([C@@H]2CNC[C@H]2c2nc(O)c3cc(-c4cn[nH]c4)ccc3n2)cc1. The van der Waals surface area contributed by atoms with E-state index in [9.17, 15) is 5.11 Å². The smallest absolute Gasteiger partial charge is 0.222 e. The highest BCUT2D eigenvalue weighted by molar-refractivity contribution is 5.87. The summed E-state index contributed by atoms with van der Waals surface area (Å²) < 4.78 is 5.26. The topological polar surface area (TPSA) is 96.0 Å². The van der Waals surface area contributed by atoms with Gasteiger partial charge in [-0.2, -0.15) is 10.1 Å². The number of benzene rings is 2. The Morgan fingerprint density at radius 2 is 1.83 bits per heavy atom. The molecule has 3 N–H and O–H groups in total. The van der Waals surface area contributed by atoms with Crippen molar-refractivity contribution in [2.75, 3.05) is 20.2 Å². The summed E-state index contributed by atoms with van der Waals surface area (Å²) in [5.41, 5.74) is 3.85. The molecule has 0 bridgehead atoms. The summed E-state index contributed by atoms with van der Waals surface area (Å²) in [5.74, 6) is 1.84. The Balaban J connectivity index is 1.51. The maximum atomic E-state index is 10.6. The highest BCUT2D eigenvalue weighted by Crippen LogP contribution is 2.37. The number of hydrogen-bond donors (Lipinski definition) is 3. The molecule has 7 nitrogen and oxygen atoms in total. The molecule has 3 heterocycles. The van der Waals surface area contributed by atoms with Crippen molar-refractivity contribution in [3.63, 3.8) is 0 Å². The summed E-state index contributed by atoms with van der Waals surface area (Å²) in [5, 5.41) is 21.5. The molecule has 7 heteroatoms. The Kier molecular flexibility index (Phi) is 4.37. The van der Waals surface area contributed by atoms with Crippen LogP contribution in [0.2, 0.25) is 0 Å². The Morgan fingerprint density at radius 1 is 1.00 bits per heavy atom. The van der Waals surface area contributed by atoms with Gasteiger partial charge in [0.15, 0.2) is 0 Å². The average molecular weight is 387 g/mol. The monoisotopic (exact) mass is 387 g/mol. The van der Waals surface area contributed by atoms with Gasteiger partial charge in [0.1, 0.15) is 11.6 Å². The Bertz CT molecular complexity index is 1140. The molecule has 5 rings (SSSR count). The van der Waals surface area contributed by atoms with E-state index in [0.717, 1.165) is 35.5 Å². The van der Waals surface area contributed by atoms with E-state index < -0.39 is 0 Å². The molecule has 1 saturated heterocycles. The molecule has 0 amide bonds. The fourth-order valence-electron chi connectivity index (χ4n) is 4.04. The minimum Gasteiger partial charge on any atom is -0.497 e. The molecule has 2 aromatic carbocycles. The van der Waals surface area contributed by atoms with Crippen LogP contribution in [0.15, 0.2) is 54.9 Å². The second kappa shape index (κ2) is 7.18. The number of nitrogens with one attached hydrogen (secondary N) is 2. The zero-order valence-corrected chi connectivity index (χ0v) is 16.0. The molecule has 1 aliphatic rings. The van der Waals surface area contributed by atoms with Gasteiger partial charge in [0.2, 0.25) is 5.88 Å². The lowest BCUT2D eigenvalue weighted by Gasteiger charge is -2.19. The number of aromatic nitrogens is 4. The molecule has 0 saturated carbocycles. The molecule has 0 radical (unpaired) electrons. The number of aromatic hydroxyl groups is 1. The first-order valence-corrected chi connectivity index (χ1v) is 9.57. The number of rotatable bonds is 4. The van der Waals surface area contributed by atoms with Gasteiger partial charge in [0.25, 0.3) is 0 Å². The van der Waals surface area contributed by atoms with E-state index in [0.29, 0.717) is 11.2 Å². The second-order valence-electron chi connectivity index (χ2n) is 7.27. The van der Waals surface area contributed by atoms with Crippen molar-refractivity contribution in [2.24, 2.45) is 0 Å². The van der Waals surface area contributed by atoms with Crippen molar-refractivity contribution in [3.8, 4) is 22.8 Å². The van der Waals surface area contributed by atoms with Gasteiger partial charge in [-0.1, -0.05) is 18.2 Å². The lowest BCUT2D eigenvalue weighted by molar-refractivity contribution is 0.414. The van der Waals surface area contributed by atoms with Gasteiger partial charge in [-0.15, -0.1) is 0 Å². The number of fused-ring (bicyclic) bond motifs is 1. The third-order valence-corrected chi connectivity index (χ3v) is 5.61. The largest absolute Gasteiger partial charge is 0.497 e. The van der Waals surface area contributed by atoms with Crippen LogP contribution in [-0.2, 0) is 0 Å². The second-order valence-corrected chi connectivity index (χ2v) is 7.27. The average Bonchev–Trinajstić information content (AvgIpc) is 3.46. The fourth-order valence-corrected chi connectivity index (χ4v) is 4.04. The van der Waals surface area contributed by atoms with Crippen molar-refractivity contribution in [3.05, 3.63) is 66.2 Å². The number of ether oxygens (including phenoxy) is 1. The minimum absolute atomic E-state index is 0.00993. The van der Waals surface area contributed by atoms with Gasteiger partial charge in [-0.3, -0.25) is 5.10 Å². The normalized spacial score (nSPS) is 18.9. The molecule has 2 atom stereocenters.